The second kappa shape index (κ2) is 5.46. The standard InChI is InChI=1S/C14H12ClNO4/c1-3-20-13(18)7-11-10-6-9(15)4-5-12(10)16(8(2)17)14(11)19/h4-7H,3H2,1-2H3/b11-7-. The Hall–Kier alpha value is -2.14. The van der Waals surface area contributed by atoms with Gasteiger partial charge in [0.2, 0.25) is 5.91 Å². The molecule has 0 saturated carbocycles. The number of amides is 2. The maximum Gasteiger partial charge on any atom is 0.331 e. The number of hydrogen-bond acceptors (Lipinski definition) is 4. The number of imide groups is 1. The number of carbonyl (C=O) groups excluding carboxylic acids is 3. The molecule has 1 aromatic carbocycles. The van der Waals surface area contributed by atoms with E-state index in [1.807, 2.05) is 0 Å². The van der Waals surface area contributed by atoms with Crippen LogP contribution >= 0.6 is 11.6 Å². The van der Waals surface area contributed by atoms with Gasteiger partial charge in [-0.1, -0.05) is 11.6 Å². The van der Waals surface area contributed by atoms with Crippen LogP contribution in [0.2, 0.25) is 5.02 Å². The summed E-state index contributed by atoms with van der Waals surface area (Å²) in [6, 6.07) is 4.70. The van der Waals surface area contributed by atoms with E-state index in [0.29, 0.717) is 16.3 Å². The van der Waals surface area contributed by atoms with Gasteiger partial charge in [0, 0.05) is 23.6 Å². The summed E-state index contributed by atoms with van der Waals surface area (Å²) in [7, 11) is 0. The van der Waals surface area contributed by atoms with Crippen LogP contribution in [-0.2, 0) is 19.1 Å². The number of esters is 1. The fourth-order valence-electron chi connectivity index (χ4n) is 2.02. The average Bonchev–Trinajstić information content (AvgIpc) is 2.63. The Morgan fingerprint density at radius 2 is 2.10 bits per heavy atom. The molecule has 1 aromatic rings. The van der Waals surface area contributed by atoms with Crippen LogP contribution in [0.1, 0.15) is 19.4 Å². The van der Waals surface area contributed by atoms with Gasteiger partial charge in [0.15, 0.2) is 0 Å². The van der Waals surface area contributed by atoms with Crippen LogP contribution in [0, 0.1) is 0 Å². The van der Waals surface area contributed by atoms with Crippen LogP contribution in [0.3, 0.4) is 0 Å². The average molecular weight is 294 g/mol. The summed E-state index contributed by atoms with van der Waals surface area (Å²) in [6.07, 6.45) is 1.09. The van der Waals surface area contributed by atoms with Gasteiger partial charge in [-0.15, -0.1) is 0 Å². The Morgan fingerprint density at radius 1 is 1.40 bits per heavy atom. The van der Waals surface area contributed by atoms with E-state index in [4.69, 9.17) is 16.3 Å². The molecule has 0 aromatic heterocycles. The zero-order valence-electron chi connectivity index (χ0n) is 11.0. The Kier molecular flexibility index (Phi) is 3.90. The summed E-state index contributed by atoms with van der Waals surface area (Å²) in [4.78, 5) is 36.4. The van der Waals surface area contributed by atoms with Crippen LogP contribution in [0.25, 0.3) is 5.57 Å². The molecule has 0 unspecified atom stereocenters. The highest BCUT2D eigenvalue weighted by molar-refractivity contribution is 6.41. The number of hydrogen-bond donors (Lipinski definition) is 0. The lowest BCUT2D eigenvalue weighted by molar-refractivity contribution is -0.137. The topological polar surface area (TPSA) is 63.7 Å². The minimum absolute atomic E-state index is 0.108. The van der Waals surface area contributed by atoms with Crippen LogP contribution in [0.5, 0.6) is 0 Å². The summed E-state index contributed by atoms with van der Waals surface area (Å²) in [5.41, 5.74) is 0.976. The molecular weight excluding hydrogens is 282 g/mol. The van der Waals surface area contributed by atoms with Gasteiger partial charge in [0.1, 0.15) is 0 Å². The van der Waals surface area contributed by atoms with Crippen molar-refractivity contribution in [3.05, 3.63) is 34.9 Å². The van der Waals surface area contributed by atoms with Crippen molar-refractivity contribution in [3.63, 3.8) is 0 Å². The van der Waals surface area contributed by atoms with E-state index in [1.165, 1.54) is 6.92 Å². The molecule has 0 fully saturated rings. The molecule has 2 amide bonds. The van der Waals surface area contributed by atoms with Crippen molar-refractivity contribution in [1.82, 2.24) is 0 Å². The van der Waals surface area contributed by atoms with E-state index >= 15 is 0 Å². The molecule has 0 aliphatic carbocycles. The Bertz CT molecular complexity index is 636. The van der Waals surface area contributed by atoms with E-state index in [0.717, 1.165) is 11.0 Å². The van der Waals surface area contributed by atoms with Gasteiger partial charge >= 0.3 is 5.97 Å². The Labute approximate surface area is 120 Å². The predicted octanol–water partition coefficient (Wildman–Crippen LogP) is 2.18. The minimum Gasteiger partial charge on any atom is -0.463 e. The molecule has 1 aliphatic rings. The maximum absolute atomic E-state index is 12.2. The summed E-state index contributed by atoms with van der Waals surface area (Å²) in [5, 5.41) is 0.414. The molecule has 0 bridgehead atoms. The number of ether oxygens (including phenoxy) is 1. The van der Waals surface area contributed by atoms with Gasteiger partial charge in [0.05, 0.1) is 17.9 Å². The van der Waals surface area contributed by atoms with Crippen molar-refractivity contribution in [2.24, 2.45) is 0 Å². The van der Waals surface area contributed by atoms with E-state index in [-0.39, 0.29) is 12.2 Å². The third-order valence-corrected chi connectivity index (χ3v) is 3.02. The highest BCUT2D eigenvalue weighted by atomic mass is 35.5. The SMILES string of the molecule is CCOC(=O)/C=C1\C(=O)N(C(C)=O)c2ccc(Cl)cc21. The molecule has 2 rings (SSSR count). The smallest absolute Gasteiger partial charge is 0.331 e. The molecule has 0 radical (unpaired) electrons. The first-order valence-corrected chi connectivity index (χ1v) is 6.37. The van der Waals surface area contributed by atoms with Crippen molar-refractivity contribution >= 4 is 40.6 Å². The van der Waals surface area contributed by atoms with Gasteiger partial charge in [-0.25, -0.2) is 9.69 Å². The van der Waals surface area contributed by atoms with Gasteiger partial charge in [0.25, 0.3) is 5.91 Å². The number of benzene rings is 1. The quantitative estimate of drug-likeness (QED) is 0.619. The van der Waals surface area contributed by atoms with Crippen molar-refractivity contribution in [2.45, 2.75) is 13.8 Å². The molecule has 5 nitrogen and oxygen atoms in total. The Balaban J connectivity index is 2.55. The lowest BCUT2D eigenvalue weighted by Gasteiger charge is -2.11. The molecule has 20 heavy (non-hydrogen) atoms. The summed E-state index contributed by atoms with van der Waals surface area (Å²) in [5.74, 6) is -1.61. The highest BCUT2D eigenvalue weighted by Crippen LogP contribution is 2.38. The van der Waals surface area contributed by atoms with Crippen molar-refractivity contribution in [1.29, 1.82) is 0 Å². The van der Waals surface area contributed by atoms with Gasteiger partial charge in [-0.3, -0.25) is 9.59 Å². The predicted molar refractivity (Wildman–Crippen MR) is 74.2 cm³/mol. The van der Waals surface area contributed by atoms with Crippen molar-refractivity contribution < 1.29 is 19.1 Å². The summed E-state index contributed by atoms with van der Waals surface area (Å²) >= 11 is 5.90. The van der Waals surface area contributed by atoms with Crippen molar-refractivity contribution in [3.8, 4) is 0 Å². The van der Waals surface area contributed by atoms with E-state index in [2.05, 4.69) is 0 Å². The molecule has 104 valence electrons. The third-order valence-electron chi connectivity index (χ3n) is 2.79. The van der Waals surface area contributed by atoms with Gasteiger partial charge in [-0.2, -0.15) is 0 Å². The molecule has 0 N–H and O–H groups in total. The van der Waals surface area contributed by atoms with E-state index in [1.54, 1.807) is 25.1 Å². The number of halogens is 1. The van der Waals surface area contributed by atoms with Crippen LogP contribution in [-0.4, -0.2) is 24.4 Å². The minimum atomic E-state index is -0.632. The van der Waals surface area contributed by atoms with Crippen LogP contribution < -0.4 is 4.90 Å². The van der Waals surface area contributed by atoms with E-state index in [9.17, 15) is 14.4 Å². The fourth-order valence-corrected chi connectivity index (χ4v) is 2.19. The van der Waals surface area contributed by atoms with Crippen LogP contribution in [0.4, 0.5) is 5.69 Å². The monoisotopic (exact) mass is 293 g/mol. The molecule has 6 heteroatoms. The second-order valence-corrected chi connectivity index (χ2v) is 4.57. The number of carbonyl (C=O) groups is 3. The zero-order valence-corrected chi connectivity index (χ0v) is 11.7. The van der Waals surface area contributed by atoms with Crippen molar-refractivity contribution in [2.75, 3.05) is 11.5 Å². The lowest BCUT2D eigenvalue weighted by Crippen LogP contribution is -2.31. The molecular formula is C14H12ClNO4. The fraction of sp³-hybridized carbons (Fsp3) is 0.214. The number of rotatable bonds is 2. The first kappa shape index (κ1) is 14.3. The number of fused-ring (bicyclic) bond motifs is 1. The molecule has 1 aliphatic heterocycles. The number of anilines is 1. The largest absolute Gasteiger partial charge is 0.463 e. The molecule has 1 heterocycles. The Morgan fingerprint density at radius 3 is 2.70 bits per heavy atom. The zero-order chi connectivity index (χ0) is 14.9. The van der Waals surface area contributed by atoms with Gasteiger partial charge in [-0.05, 0) is 25.1 Å². The molecule has 0 saturated heterocycles. The molecule has 0 spiro atoms. The number of nitrogens with zero attached hydrogens (tertiary/aromatic N) is 1. The summed E-state index contributed by atoms with van der Waals surface area (Å²) in [6.45, 7) is 3.15. The van der Waals surface area contributed by atoms with Gasteiger partial charge < -0.3 is 4.74 Å². The molecule has 0 atom stereocenters. The maximum atomic E-state index is 12.2. The first-order chi connectivity index (χ1) is 9.45. The van der Waals surface area contributed by atoms with Crippen LogP contribution in [0.15, 0.2) is 24.3 Å². The summed E-state index contributed by atoms with van der Waals surface area (Å²) < 4.78 is 4.79. The van der Waals surface area contributed by atoms with E-state index < -0.39 is 17.8 Å². The highest BCUT2D eigenvalue weighted by Gasteiger charge is 2.35. The normalized spacial score (nSPS) is 15.4. The second-order valence-electron chi connectivity index (χ2n) is 4.13. The third kappa shape index (κ3) is 2.44. The first-order valence-electron chi connectivity index (χ1n) is 5.99. The lowest BCUT2D eigenvalue weighted by atomic mass is 10.1.